The SMILES string of the molecule is OC(CSc1ccc(Cl)c(Cl)c1)(c1ccc(Cl)cc1)c1ccc(Cl)cc1. The van der Waals surface area contributed by atoms with Gasteiger partial charge in [0.1, 0.15) is 5.60 Å². The maximum atomic E-state index is 11.6. The molecular formula is C20H14Cl4OS. The molecule has 0 aliphatic carbocycles. The van der Waals surface area contributed by atoms with Gasteiger partial charge >= 0.3 is 0 Å². The topological polar surface area (TPSA) is 20.2 Å². The third kappa shape index (κ3) is 4.51. The molecule has 134 valence electrons. The Hall–Kier alpha value is -0.870. The van der Waals surface area contributed by atoms with Gasteiger partial charge in [-0.2, -0.15) is 0 Å². The highest BCUT2D eigenvalue weighted by Crippen LogP contribution is 2.37. The van der Waals surface area contributed by atoms with Crippen LogP contribution in [-0.4, -0.2) is 10.9 Å². The molecule has 0 atom stereocenters. The van der Waals surface area contributed by atoms with Crippen molar-refractivity contribution in [2.75, 3.05) is 5.75 Å². The summed E-state index contributed by atoms with van der Waals surface area (Å²) in [5.74, 6) is 0.383. The van der Waals surface area contributed by atoms with Gasteiger partial charge in [-0.1, -0.05) is 70.7 Å². The highest BCUT2D eigenvalue weighted by Gasteiger charge is 2.32. The molecule has 6 heteroatoms. The highest BCUT2D eigenvalue weighted by molar-refractivity contribution is 7.99. The van der Waals surface area contributed by atoms with Crippen LogP contribution in [0.3, 0.4) is 0 Å². The lowest BCUT2D eigenvalue weighted by atomic mass is 9.88. The molecule has 0 bridgehead atoms. The summed E-state index contributed by atoms with van der Waals surface area (Å²) in [6, 6.07) is 19.8. The fraction of sp³-hybridized carbons (Fsp3) is 0.100. The Morgan fingerprint density at radius 3 is 1.65 bits per heavy atom. The fourth-order valence-electron chi connectivity index (χ4n) is 2.54. The lowest BCUT2D eigenvalue weighted by molar-refractivity contribution is 0.107. The molecular weight excluding hydrogens is 430 g/mol. The first-order chi connectivity index (χ1) is 12.4. The number of benzene rings is 3. The van der Waals surface area contributed by atoms with Gasteiger partial charge in [-0.05, 0) is 53.6 Å². The van der Waals surface area contributed by atoms with Crippen molar-refractivity contribution in [3.8, 4) is 0 Å². The minimum Gasteiger partial charge on any atom is -0.380 e. The van der Waals surface area contributed by atoms with Gasteiger partial charge in [-0.3, -0.25) is 0 Å². The summed E-state index contributed by atoms with van der Waals surface area (Å²) in [6.07, 6.45) is 0. The van der Waals surface area contributed by atoms with E-state index >= 15 is 0 Å². The van der Waals surface area contributed by atoms with E-state index in [0.29, 0.717) is 25.8 Å². The molecule has 0 aliphatic rings. The molecule has 3 aromatic carbocycles. The van der Waals surface area contributed by atoms with Crippen molar-refractivity contribution in [1.82, 2.24) is 0 Å². The number of rotatable bonds is 5. The molecule has 0 saturated carbocycles. The second-order valence-corrected chi connectivity index (χ2v) is 8.47. The molecule has 1 nitrogen and oxygen atoms in total. The van der Waals surface area contributed by atoms with Gasteiger partial charge in [0.05, 0.1) is 10.0 Å². The summed E-state index contributed by atoms with van der Waals surface area (Å²) in [7, 11) is 0. The molecule has 1 N–H and O–H groups in total. The normalized spacial score (nSPS) is 11.6. The first-order valence-corrected chi connectivity index (χ1v) is 10.2. The van der Waals surface area contributed by atoms with Crippen LogP contribution in [0, 0.1) is 0 Å². The Balaban J connectivity index is 1.95. The number of aliphatic hydroxyl groups is 1. The second kappa shape index (κ2) is 8.43. The Labute approximate surface area is 176 Å². The number of thioether (sulfide) groups is 1. The van der Waals surface area contributed by atoms with E-state index in [0.717, 1.165) is 16.0 Å². The van der Waals surface area contributed by atoms with Crippen LogP contribution in [0.1, 0.15) is 11.1 Å². The van der Waals surface area contributed by atoms with Crippen LogP contribution in [0.2, 0.25) is 20.1 Å². The van der Waals surface area contributed by atoms with E-state index in [4.69, 9.17) is 46.4 Å². The Kier molecular flexibility index (Phi) is 6.45. The molecule has 26 heavy (non-hydrogen) atoms. The first-order valence-electron chi connectivity index (χ1n) is 7.71. The van der Waals surface area contributed by atoms with Crippen LogP contribution in [0.5, 0.6) is 0 Å². The minimum atomic E-state index is -1.22. The summed E-state index contributed by atoms with van der Waals surface area (Å²) < 4.78 is 0. The van der Waals surface area contributed by atoms with Gasteiger partial charge in [-0.25, -0.2) is 0 Å². The van der Waals surface area contributed by atoms with Crippen LogP contribution < -0.4 is 0 Å². The Morgan fingerprint density at radius 2 is 1.19 bits per heavy atom. The van der Waals surface area contributed by atoms with Gasteiger partial charge in [-0.15, -0.1) is 11.8 Å². The summed E-state index contributed by atoms with van der Waals surface area (Å²) >= 11 is 25.6. The predicted octanol–water partition coefficient (Wildman–Crippen LogP) is 7.33. The summed E-state index contributed by atoms with van der Waals surface area (Å²) in [6.45, 7) is 0. The second-order valence-electron chi connectivity index (χ2n) is 5.74. The average molecular weight is 444 g/mol. The fourth-order valence-corrected chi connectivity index (χ4v) is 4.23. The summed E-state index contributed by atoms with van der Waals surface area (Å²) in [5.41, 5.74) is 0.278. The monoisotopic (exact) mass is 442 g/mol. The zero-order valence-electron chi connectivity index (χ0n) is 13.4. The third-order valence-corrected chi connectivity index (χ3v) is 6.37. The summed E-state index contributed by atoms with van der Waals surface area (Å²) in [5, 5.41) is 13.8. The van der Waals surface area contributed by atoms with E-state index in [9.17, 15) is 5.11 Å². The standard InChI is InChI=1S/C20H14Cl4OS/c21-15-5-1-13(2-6-15)20(25,14-3-7-16(22)8-4-14)12-26-17-9-10-18(23)19(24)11-17/h1-11,25H,12H2. The molecule has 0 unspecified atom stereocenters. The quantitative estimate of drug-likeness (QED) is 0.416. The molecule has 3 aromatic rings. The van der Waals surface area contributed by atoms with Gasteiger partial charge < -0.3 is 5.11 Å². The molecule has 0 saturated heterocycles. The van der Waals surface area contributed by atoms with Crippen molar-refractivity contribution >= 4 is 58.2 Å². The van der Waals surface area contributed by atoms with Crippen molar-refractivity contribution in [2.45, 2.75) is 10.5 Å². The van der Waals surface area contributed by atoms with Crippen LogP contribution >= 0.6 is 58.2 Å². The maximum absolute atomic E-state index is 11.6. The van der Waals surface area contributed by atoms with Gasteiger partial charge in [0, 0.05) is 20.7 Å². The van der Waals surface area contributed by atoms with Crippen LogP contribution in [0.15, 0.2) is 71.6 Å². The largest absolute Gasteiger partial charge is 0.380 e. The predicted molar refractivity (Wildman–Crippen MR) is 113 cm³/mol. The molecule has 0 fully saturated rings. The Bertz CT molecular complexity index is 849. The molecule has 3 rings (SSSR count). The van der Waals surface area contributed by atoms with Crippen molar-refractivity contribution in [1.29, 1.82) is 0 Å². The van der Waals surface area contributed by atoms with E-state index in [1.54, 1.807) is 36.4 Å². The number of hydrogen-bond donors (Lipinski definition) is 1. The van der Waals surface area contributed by atoms with Crippen molar-refractivity contribution in [2.24, 2.45) is 0 Å². The molecule has 0 amide bonds. The van der Waals surface area contributed by atoms with Crippen molar-refractivity contribution in [3.63, 3.8) is 0 Å². The van der Waals surface area contributed by atoms with Crippen molar-refractivity contribution in [3.05, 3.63) is 97.9 Å². The number of hydrogen-bond acceptors (Lipinski definition) is 2. The Morgan fingerprint density at radius 1 is 0.692 bits per heavy atom. The lowest BCUT2D eigenvalue weighted by Crippen LogP contribution is -2.30. The lowest BCUT2D eigenvalue weighted by Gasteiger charge is -2.29. The van der Waals surface area contributed by atoms with E-state index < -0.39 is 5.60 Å². The average Bonchev–Trinajstić information content (AvgIpc) is 2.63. The van der Waals surface area contributed by atoms with Gasteiger partial charge in [0.2, 0.25) is 0 Å². The van der Waals surface area contributed by atoms with E-state index in [1.807, 2.05) is 30.3 Å². The summed E-state index contributed by atoms with van der Waals surface area (Å²) in [4.78, 5) is 0.917. The molecule has 0 aliphatic heterocycles. The number of halogens is 4. The molecule has 0 heterocycles. The van der Waals surface area contributed by atoms with Crippen molar-refractivity contribution < 1.29 is 5.11 Å². The van der Waals surface area contributed by atoms with Crippen LogP contribution in [0.4, 0.5) is 0 Å². The first kappa shape index (κ1) is 19.9. The van der Waals surface area contributed by atoms with Gasteiger partial charge in [0.15, 0.2) is 0 Å². The minimum absolute atomic E-state index is 0.383. The van der Waals surface area contributed by atoms with Crippen LogP contribution in [0.25, 0.3) is 0 Å². The molecule has 0 aromatic heterocycles. The zero-order chi connectivity index (χ0) is 18.7. The molecule has 0 radical (unpaired) electrons. The zero-order valence-corrected chi connectivity index (χ0v) is 17.3. The smallest absolute Gasteiger partial charge is 0.124 e. The third-order valence-electron chi connectivity index (χ3n) is 3.98. The molecule has 0 spiro atoms. The van der Waals surface area contributed by atoms with E-state index in [-0.39, 0.29) is 0 Å². The highest BCUT2D eigenvalue weighted by atomic mass is 35.5. The van der Waals surface area contributed by atoms with E-state index in [1.165, 1.54) is 11.8 Å². The maximum Gasteiger partial charge on any atom is 0.124 e. The van der Waals surface area contributed by atoms with Gasteiger partial charge in [0.25, 0.3) is 0 Å². The van der Waals surface area contributed by atoms with Crippen LogP contribution in [-0.2, 0) is 5.60 Å². The van der Waals surface area contributed by atoms with E-state index in [2.05, 4.69) is 0 Å².